The molecule has 0 aliphatic heterocycles. The molecule has 0 saturated carbocycles. The zero-order chi connectivity index (χ0) is 15.2. The summed E-state index contributed by atoms with van der Waals surface area (Å²) in [4.78, 5) is 15.5. The van der Waals surface area contributed by atoms with Crippen molar-refractivity contribution in [1.82, 2.24) is 10.3 Å². The molecule has 0 radical (unpaired) electrons. The molecule has 0 fully saturated rings. The van der Waals surface area contributed by atoms with Crippen molar-refractivity contribution in [3.63, 3.8) is 0 Å². The lowest BCUT2D eigenvalue weighted by Gasteiger charge is -2.11. The standard InChI is InChI=1S/C15H14N2O3S/c1-3-13-17-12(9-21-13)14(18)16-8-10-5-4-6-11(7-10)15(19)20-2/h1,4-7,9,14,16,18H,8H2,2H3. The Morgan fingerprint density at radius 3 is 3.10 bits per heavy atom. The maximum atomic E-state index is 11.4. The molecule has 2 N–H and O–H groups in total. The van der Waals surface area contributed by atoms with Crippen LogP contribution in [0, 0.1) is 12.3 Å². The maximum Gasteiger partial charge on any atom is 0.337 e. The Morgan fingerprint density at radius 2 is 2.43 bits per heavy atom. The minimum absolute atomic E-state index is 0.384. The number of nitrogens with zero attached hydrogens (tertiary/aromatic N) is 1. The van der Waals surface area contributed by atoms with Crippen molar-refractivity contribution in [3.05, 3.63) is 51.5 Å². The number of thiazole rings is 1. The third-order valence-corrected chi connectivity index (χ3v) is 3.56. The van der Waals surface area contributed by atoms with Gasteiger partial charge in [-0.05, 0) is 23.6 Å². The Balaban J connectivity index is 1.99. The average Bonchev–Trinajstić information content (AvgIpc) is 3.01. The number of aliphatic hydroxyl groups excluding tert-OH is 1. The fourth-order valence-corrected chi connectivity index (χ4v) is 2.36. The summed E-state index contributed by atoms with van der Waals surface area (Å²) < 4.78 is 4.67. The van der Waals surface area contributed by atoms with Gasteiger partial charge in [0.25, 0.3) is 0 Å². The third kappa shape index (κ3) is 3.89. The van der Waals surface area contributed by atoms with Gasteiger partial charge in [-0.15, -0.1) is 17.8 Å². The number of aliphatic hydroxyl groups is 1. The zero-order valence-electron chi connectivity index (χ0n) is 11.4. The van der Waals surface area contributed by atoms with Gasteiger partial charge in [0.05, 0.1) is 18.4 Å². The first kappa shape index (κ1) is 15.2. The number of benzene rings is 1. The van der Waals surface area contributed by atoms with Gasteiger partial charge in [-0.2, -0.15) is 0 Å². The lowest BCUT2D eigenvalue weighted by Crippen LogP contribution is -2.20. The molecule has 0 spiro atoms. The van der Waals surface area contributed by atoms with Crippen molar-refractivity contribution in [3.8, 4) is 12.3 Å². The highest BCUT2D eigenvalue weighted by molar-refractivity contribution is 7.10. The van der Waals surface area contributed by atoms with E-state index in [9.17, 15) is 9.90 Å². The normalized spacial score (nSPS) is 11.7. The molecule has 0 aliphatic rings. The first-order valence-electron chi connectivity index (χ1n) is 6.14. The van der Waals surface area contributed by atoms with Crippen molar-refractivity contribution in [2.24, 2.45) is 0 Å². The van der Waals surface area contributed by atoms with E-state index in [1.165, 1.54) is 18.4 Å². The number of rotatable bonds is 5. The van der Waals surface area contributed by atoms with Gasteiger partial charge < -0.3 is 9.84 Å². The summed E-state index contributed by atoms with van der Waals surface area (Å²) in [5.41, 5.74) is 1.80. The second kappa shape index (κ2) is 6.99. The molecule has 2 aromatic rings. The van der Waals surface area contributed by atoms with Crippen LogP contribution in [0.2, 0.25) is 0 Å². The Hall–Kier alpha value is -2.20. The number of nitrogens with one attached hydrogen (secondary N) is 1. The number of carbonyl (C=O) groups is 1. The topological polar surface area (TPSA) is 71.5 Å². The van der Waals surface area contributed by atoms with Crippen LogP contribution in [0.15, 0.2) is 29.6 Å². The Kier molecular flexibility index (Phi) is 5.06. The molecule has 2 rings (SSSR count). The van der Waals surface area contributed by atoms with Gasteiger partial charge in [0, 0.05) is 11.9 Å². The third-order valence-electron chi connectivity index (χ3n) is 2.77. The van der Waals surface area contributed by atoms with E-state index in [2.05, 4.69) is 21.0 Å². The van der Waals surface area contributed by atoms with Crippen molar-refractivity contribution in [2.75, 3.05) is 7.11 Å². The van der Waals surface area contributed by atoms with Gasteiger partial charge >= 0.3 is 5.97 Å². The van der Waals surface area contributed by atoms with Crippen LogP contribution in [-0.4, -0.2) is 23.2 Å². The highest BCUT2D eigenvalue weighted by Crippen LogP contribution is 2.15. The number of esters is 1. The van der Waals surface area contributed by atoms with Crippen LogP contribution in [0.3, 0.4) is 0 Å². The number of terminal acetylenes is 1. The minimum atomic E-state index is -0.912. The van der Waals surface area contributed by atoms with Crippen LogP contribution in [-0.2, 0) is 11.3 Å². The average molecular weight is 302 g/mol. The van der Waals surface area contributed by atoms with Crippen molar-refractivity contribution >= 4 is 17.3 Å². The molecule has 1 atom stereocenters. The Bertz CT molecular complexity index is 676. The molecule has 1 unspecified atom stereocenters. The van der Waals surface area contributed by atoms with E-state index in [0.717, 1.165) is 5.56 Å². The molecular formula is C15H14N2O3S. The second-order valence-electron chi connectivity index (χ2n) is 4.20. The van der Waals surface area contributed by atoms with E-state index in [1.54, 1.807) is 23.6 Å². The molecule has 1 aromatic heterocycles. The summed E-state index contributed by atoms with van der Waals surface area (Å²) in [6.07, 6.45) is 4.33. The van der Waals surface area contributed by atoms with Crippen LogP contribution in [0.4, 0.5) is 0 Å². The van der Waals surface area contributed by atoms with Gasteiger partial charge in [0.1, 0.15) is 6.23 Å². The van der Waals surface area contributed by atoms with Gasteiger partial charge in [0.15, 0.2) is 5.01 Å². The number of aromatic nitrogens is 1. The largest absolute Gasteiger partial charge is 0.465 e. The van der Waals surface area contributed by atoms with Crippen LogP contribution in [0.5, 0.6) is 0 Å². The lowest BCUT2D eigenvalue weighted by molar-refractivity contribution is 0.0600. The van der Waals surface area contributed by atoms with Gasteiger partial charge in [-0.25, -0.2) is 9.78 Å². The predicted octanol–water partition coefficient (Wildman–Crippen LogP) is 1.69. The number of methoxy groups -OCH3 is 1. The summed E-state index contributed by atoms with van der Waals surface area (Å²) in [7, 11) is 1.34. The maximum absolute atomic E-state index is 11.4. The summed E-state index contributed by atoms with van der Waals surface area (Å²) in [5, 5.41) is 15.1. The molecule has 21 heavy (non-hydrogen) atoms. The van der Waals surface area contributed by atoms with Crippen molar-refractivity contribution in [1.29, 1.82) is 0 Å². The molecule has 0 aliphatic carbocycles. The number of hydrogen-bond donors (Lipinski definition) is 2. The number of carbonyl (C=O) groups excluding carboxylic acids is 1. The highest BCUT2D eigenvalue weighted by atomic mass is 32.1. The lowest BCUT2D eigenvalue weighted by atomic mass is 10.1. The summed E-state index contributed by atoms with van der Waals surface area (Å²) in [5.74, 6) is 2.03. The molecule has 0 saturated heterocycles. The van der Waals surface area contributed by atoms with Gasteiger partial charge in [-0.3, -0.25) is 5.32 Å². The summed E-state index contributed by atoms with van der Waals surface area (Å²) >= 11 is 1.30. The predicted molar refractivity (Wildman–Crippen MR) is 79.6 cm³/mol. The molecule has 0 amide bonds. The van der Waals surface area contributed by atoms with E-state index in [0.29, 0.717) is 22.8 Å². The van der Waals surface area contributed by atoms with E-state index >= 15 is 0 Å². The quantitative estimate of drug-likeness (QED) is 0.499. The van der Waals surface area contributed by atoms with Crippen LogP contribution >= 0.6 is 11.3 Å². The molecule has 5 nitrogen and oxygen atoms in total. The number of ether oxygens (including phenoxy) is 1. The Morgan fingerprint density at radius 1 is 1.62 bits per heavy atom. The van der Waals surface area contributed by atoms with Crippen LogP contribution < -0.4 is 5.32 Å². The fraction of sp³-hybridized carbons (Fsp3) is 0.200. The van der Waals surface area contributed by atoms with Crippen molar-refractivity contribution in [2.45, 2.75) is 12.8 Å². The molecule has 6 heteroatoms. The molecule has 108 valence electrons. The smallest absolute Gasteiger partial charge is 0.337 e. The fourth-order valence-electron chi connectivity index (χ4n) is 1.72. The van der Waals surface area contributed by atoms with E-state index in [-0.39, 0.29) is 0 Å². The van der Waals surface area contributed by atoms with E-state index in [4.69, 9.17) is 6.42 Å². The first-order chi connectivity index (χ1) is 10.1. The second-order valence-corrected chi connectivity index (χ2v) is 5.06. The highest BCUT2D eigenvalue weighted by Gasteiger charge is 2.11. The van der Waals surface area contributed by atoms with E-state index < -0.39 is 12.2 Å². The molecule has 1 heterocycles. The summed E-state index contributed by atoms with van der Waals surface area (Å²) in [6.45, 7) is 0.384. The zero-order valence-corrected chi connectivity index (χ0v) is 12.2. The number of hydrogen-bond acceptors (Lipinski definition) is 6. The molecule has 1 aromatic carbocycles. The monoisotopic (exact) mass is 302 g/mol. The minimum Gasteiger partial charge on any atom is -0.465 e. The van der Waals surface area contributed by atoms with Gasteiger partial charge in [-0.1, -0.05) is 12.1 Å². The Labute approximate surface area is 126 Å². The van der Waals surface area contributed by atoms with Crippen LogP contribution in [0.1, 0.15) is 32.9 Å². The molecule has 0 bridgehead atoms. The summed E-state index contributed by atoms with van der Waals surface area (Å²) in [6, 6.07) is 6.99. The van der Waals surface area contributed by atoms with Crippen LogP contribution in [0.25, 0.3) is 0 Å². The van der Waals surface area contributed by atoms with Crippen molar-refractivity contribution < 1.29 is 14.6 Å². The van der Waals surface area contributed by atoms with Gasteiger partial charge in [0.2, 0.25) is 0 Å². The molecular weight excluding hydrogens is 288 g/mol. The van der Waals surface area contributed by atoms with E-state index in [1.807, 2.05) is 6.07 Å². The first-order valence-corrected chi connectivity index (χ1v) is 7.02. The SMILES string of the molecule is C#Cc1nc(C(O)NCc2cccc(C(=O)OC)c2)cs1.